The molecule has 0 radical (unpaired) electrons. The lowest BCUT2D eigenvalue weighted by molar-refractivity contribution is 1.66. The zero-order valence-corrected chi connectivity index (χ0v) is 7.20. The lowest BCUT2D eigenvalue weighted by Gasteiger charge is -1.85. The van der Waals surface area contributed by atoms with E-state index < -0.39 is 0 Å². The Morgan fingerprint density at radius 3 is 2.58 bits per heavy atom. The third-order valence-corrected chi connectivity index (χ3v) is 1.43. The Kier molecular flexibility index (Phi) is 3.70. The highest BCUT2D eigenvalue weighted by atomic mass is 13.8. The van der Waals surface area contributed by atoms with Crippen LogP contribution in [0.25, 0.3) is 6.08 Å². The van der Waals surface area contributed by atoms with E-state index >= 15 is 0 Å². The Hall–Kier alpha value is -1.52. The summed E-state index contributed by atoms with van der Waals surface area (Å²) in [6.07, 6.45) is 7.79. The van der Waals surface area contributed by atoms with Crippen molar-refractivity contribution in [3.05, 3.63) is 59.9 Å². The van der Waals surface area contributed by atoms with Crippen LogP contribution in [0.1, 0.15) is 12.5 Å². The van der Waals surface area contributed by atoms with Crippen LogP contribution in [0.2, 0.25) is 0 Å². The van der Waals surface area contributed by atoms with Gasteiger partial charge in [-0.05, 0) is 24.6 Å². The molecule has 1 aromatic rings. The molecule has 1 rings (SSSR count). The molecular weight excluding hydrogens is 144 g/mol. The Labute approximate surface area is 73.6 Å². The first-order valence-electron chi connectivity index (χ1n) is 4.02. The van der Waals surface area contributed by atoms with Crippen LogP contribution < -0.4 is 0 Å². The quantitative estimate of drug-likeness (QED) is 0.454. The van der Waals surface area contributed by atoms with Crippen molar-refractivity contribution in [3.8, 4) is 0 Å². The first kappa shape index (κ1) is 8.58. The van der Waals surface area contributed by atoms with E-state index in [1.807, 2.05) is 49.4 Å². The molecule has 0 aromatic heterocycles. The van der Waals surface area contributed by atoms with Crippen molar-refractivity contribution in [2.75, 3.05) is 0 Å². The van der Waals surface area contributed by atoms with E-state index in [0.29, 0.717) is 0 Å². The zero-order chi connectivity index (χ0) is 8.65. The fourth-order valence-corrected chi connectivity index (χ4v) is 0.845. The average Bonchev–Trinajstić information content (AvgIpc) is 2.14. The van der Waals surface area contributed by atoms with Gasteiger partial charge in [-0.25, -0.2) is 0 Å². The van der Waals surface area contributed by atoms with Gasteiger partial charge in [0, 0.05) is 0 Å². The van der Waals surface area contributed by atoms with Gasteiger partial charge >= 0.3 is 0 Å². The summed E-state index contributed by atoms with van der Waals surface area (Å²) in [7, 11) is 0. The van der Waals surface area contributed by atoms with E-state index in [1.54, 1.807) is 0 Å². The summed E-state index contributed by atoms with van der Waals surface area (Å²) in [6, 6.07) is 10.1. The van der Waals surface area contributed by atoms with E-state index in [1.165, 1.54) is 5.56 Å². The third-order valence-electron chi connectivity index (χ3n) is 1.43. The minimum absolute atomic E-state index is 1.18. The standard InChI is InChI=1S/C12H12/c1-2-3-4-6-9-12-10-7-5-8-11-12/h2-5,7-11H,1H3/b3-2+. The maximum Gasteiger partial charge on any atom is -0.0127 e. The number of rotatable bonds is 2. The molecule has 1 aromatic carbocycles. The molecule has 0 N–H and O–H groups in total. The number of hydrogen-bond donors (Lipinski definition) is 0. The van der Waals surface area contributed by atoms with Crippen molar-refractivity contribution in [3.63, 3.8) is 0 Å². The number of hydrogen-bond acceptors (Lipinski definition) is 0. The number of allylic oxidation sites excluding steroid dienone is 3. The molecule has 0 nitrogen and oxygen atoms in total. The predicted octanol–water partition coefficient (Wildman–Crippen LogP) is 3.43. The van der Waals surface area contributed by atoms with Crippen molar-refractivity contribution in [2.24, 2.45) is 0 Å². The molecule has 0 fully saturated rings. The molecule has 0 amide bonds. The summed E-state index contributed by atoms with van der Waals surface area (Å²) in [5, 5.41) is 0. The number of benzene rings is 1. The highest BCUT2D eigenvalue weighted by Gasteiger charge is 1.78. The summed E-state index contributed by atoms with van der Waals surface area (Å²) < 4.78 is 0. The molecule has 60 valence electrons. The zero-order valence-electron chi connectivity index (χ0n) is 7.20. The van der Waals surface area contributed by atoms with E-state index in [-0.39, 0.29) is 0 Å². The first-order valence-corrected chi connectivity index (χ1v) is 4.02. The Bertz CT molecular complexity index is 298. The molecule has 12 heavy (non-hydrogen) atoms. The fourth-order valence-electron chi connectivity index (χ4n) is 0.845. The molecule has 0 aliphatic rings. The fraction of sp³-hybridized carbons (Fsp3) is 0.0833. The molecule has 0 bridgehead atoms. The molecule has 0 saturated carbocycles. The Morgan fingerprint density at radius 1 is 1.17 bits per heavy atom. The van der Waals surface area contributed by atoms with Gasteiger partial charge in [-0.1, -0.05) is 42.5 Å². The molecule has 0 unspecified atom stereocenters. The normalized spacial score (nSPS) is 9.42. The second-order valence-electron chi connectivity index (χ2n) is 2.41. The van der Waals surface area contributed by atoms with Crippen molar-refractivity contribution < 1.29 is 0 Å². The minimum atomic E-state index is 1.18. The summed E-state index contributed by atoms with van der Waals surface area (Å²) >= 11 is 0. The lowest BCUT2D eigenvalue weighted by atomic mass is 10.2. The first-order chi connectivity index (χ1) is 5.93. The second kappa shape index (κ2) is 5.17. The summed E-state index contributed by atoms with van der Waals surface area (Å²) in [4.78, 5) is 0. The molecule has 0 aliphatic heterocycles. The molecule has 0 spiro atoms. The van der Waals surface area contributed by atoms with Gasteiger partial charge in [0.25, 0.3) is 0 Å². The van der Waals surface area contributed by atoms with Crippen LogP contribution in [0.4, 0.5) is 0 Å². The smallest absolute Gasteiger partial charge is 0.0127 e. The maximum absolute atomic E-state index is 3.07. The van der Waals surface area contributed by atoms with Crippen LogP contribution in [-0.4, -0.2) is 0 Å². The van der Waals surface area contributed by atoms with Gasteiger partial charge in [0.15, 0.2) is 0 Å². The molecule has 0 heteroatoms. The molecule has 0 atom stereocenters. The van der Waals surface area contributed by atoms with Crippen LogP contribution in [0, 0.1) is 0 Å². The average molecular weight is 156 g/mol. The van der Waals surface area contributed by atoms with Crippen LogP contribution in [0.5, 0.6) is 0 Å². The van der Waals surface area contributed by atoms with Gasteiger partial charge in [-0.15, -0.1) is 5.73 Å². The van der Waals surface area contributed by atoms with Crippen molar-refractivity contribution in [1.29, 1.82) is 0 Å². The molecule has 0 aliphatic carbocycles. The van der Waals surface area contributed by atoms with Crippen molar-refractivity contribution in [1.82, 2.24) is 0 Å². The highest BCUT2D eigenvalue weighted by Crippen LogP contribution is 1.98. The third kappa shape index (κ3) is 3.05. The topological polar surface area (TPSA) is 0 Å². The van der Waals surface area contributed by atoms with Crippen LogP contribution in [0.3, 0.4) is 0 Å². The van der Waals surface area contributed by atoms with Crippen LogP contribution >= 0.6 is 0 Å². The van der Waals surface area contributed by atoms with E-state index in [2.05, 4.69) is 17.9 Å². The van der Waals surface area contributed by atoms with Gasteiger partial charge in [0.1, 0.15) is 0 Å². The monoisotopic (exact) mass is 156 g/mol. The Morgan fingerprint density at radius 2 is 1.92 bits per heavy atom. The van der Waals surface area contributed by atoms with E-state index in [4.69, 9.17) is 0 Å². The van der Waals surface area contributed by atoms with Gasteiger partial charge in [-0.2, -0.15) is 0 Å². The summed E-state index contributed by atoms with van der Waals surface area (Å²) in [6.45, 7) is 1.99. The largest absolute Gasteiger partial charge is 0.120 e. The second-order valence-corrected chi connectivity index (χ2v) is 2.41. The van der Waals surface area contributed by atoms with E-state index in [9.17, 15) is 0 Å². The summed E-state index contributed by atoms with van der Waals surface area (Å²) in [5.41, 5.74) is 4.24. The molecular formula is C12H12. The molecule has 0 heterocycles. The lowest BCUT2D eigenvalue weighted by Crippen LogP contribution is -1.64. The van der Waals surface area contributed by atoms with Gasteiger partial charge in [0.05, 0.1) is 0 Å². The maximum atomic E-state index is 3.07. The van der Waals surface area contributed by atoms with Crippen LogP contribution in [0.15, 0.2) is 54.3 Å². The van der Waals surface area contributed by atoms with Crippen LogP contribution in [-0.2, 0) is 0 Å². The van der Waals surface area contributed by atoms with Gasteiger partial charge in [-0.3, -0.25) is 0 Å². The minimum Gasteiger partial charge on any atom is -0.120 e. The highest BCUT2D eigenvalue weighted by molar-refractivity contribution is 5.48. The van der Waals surface area contributed by atoms with Gasteiger partial charge in [0.2, 0.25) is 0 Å². The van der Waals surface area contributed by atoms with Gasteiger partial charge < -0.3 is 0 Å². The summed E-state index contributed by atoms with van der Waals surface area (Å²) in [5.74, 6) is 0. The van der Waals surface area contributed by atoms with Crippen molar-refractivity contribution in [2.45, 2.75) is 6.92 Å². The SMILES string of the molecule is C/C=C/C=C=Cc1ccccc1. The van der Waals surface area contributed by atoms with Crippen molar-refractivity contribution >= 4 is 6.08 Å². The Balaban J connectivity index is 2.70. The van der Waals surface area contributed by atoms with E-state index in [0.717, 1.165) is 0 Å². The molecule has 0 saturated heterocycles. The predicted molar refractivity (Wildman–Crippen MR) is 53.8 cm³/mol.